The maximum atomic E-state index is 11.1. The summed E-state index contributed by atoms with van der Waals surface area (Å²) in [6.07, 6.45) is -0.0960. The molecule has 1 aliphatic rings. The average Bonchev–Trinajstić information content (AvgIpc) is 2.49. The third kappa shape index (κ3) is 5.75. The number of halogens is 2. The van der Waals surface area contributed by atoms with Gasteiger partial charge in [0.05, 0.1) is 0 Å². The first kappa shape index (κ1) is 19.2. The van der Waals surface area contributed by atoms with Crippen LogP contribution >= 0.6 is 37.3 Å². The van der Waals surface area contributed by atoms with Crippen molar-refractivity contribution in [2.75, 3.05) is 0 Å². The summed E-state index contributed by atoms with van der Waals surface area (Å²) in [6, 6.07) is 13.3. The molecule has 0 fully saturated rings. The molecular weight excluding hydrogens is 397 g/mol. The van der Waals surface area contributed by atoms with Gasteiger partial charge in [0.25, 0.3) is 0 Å². The average molecular weight is 410 g/mol. The summed E-state index contributed by atoms with van der Waals surface area (Å²) in [7, 11) is -4.95. The monoisotopic (exact) mass is 409 g/mol. The lowest BCUT2D eigenvalue weighted by Crippen LogP contribution is -2.09. The van der Waals surface area contributed by atoms with E-state index in [1.54, 1.807) is 42.5 Å². The normalized spacial score (nSPS) is 16.2. The van der Waals surface area contributed by atoms with Crippen LogP contribution in [0.1, 0.15) is 15.9 Å². The summed E-state index contributed by atoms with van der Waals surface area (Å²) in [5, 5.41) is 9.21. The predicted octanol–water partition coefficient (Wildman–Crippen LogP) is 4.58. The Morgan fingerprint density at radius 2 is 1.67 bits per heavy atom. The number of rotatable bonds is 2. The third-order valence-electron chi connectivity index (χ3n) is 2.79. The van der Waals surface area contributed by atoms with Crippen molar-refractivity contribution in [2.45, 2.75) is 6.16 Å². The zero-order valence-electron chi connectivity index (χ0n) is 12.0. The van der Waals surface area contributed by atoms with Gasteiger partial charge in [-0.25, -0.2) is 14.6 Å². The highest BCUT2D eigenvalue weighted by Gasteiger charge is 2.31. The van der Waals surface area contributed by atoms with E-state index in [1.165, 1.54) is 6.07 Å². The molecule has 0 aromatic heterocycles. The lowest BCUT2D eigenvalue weighted by molar-refractivity contribution is 0.0728. The fourth-order valence-corrected chi connectivity index (χ4v) is 3.86. The van der Waals surface area contributed by atoms with Gasteiger partial charge in [0, 0.05) is 5.56 Å². The molecule has 0 aliphatic carbocycles. The van der Waals surface area contributed by atoms with E-state index < -0.39 is 20.8 Å². The van der Waals surface area contributed by atoms with Gasteiger partial charge in [-0.2, -0.15) is 0 Å². The van der Waals surface area contributed by atoms with Crippen LogP contribution in [-0.2, 0) is 10.7 Å². The molecule has 0 saturated heterocycles. The highest BCUT2D eigenvalue weighted by molar-refractivity contribution is 7.89. The quantitative estimate of drug-likeness (QED) is 0.628. The summed E-state index contributed by atoms with van der Waals surface area (Å²) in [5.74, 6) is 0.110. The number of hydrogen-bond donors (Lipinski definition) is 3. The lowest BCUT2D eigenvalue weighted by Gasteiger charge is -2.18. The summed E-state index contributed by atoms with van der Waals surface area (Å²) in [4.78, 5) is 29.0. The van der Waals surface area contributed by atoms with E-state index in [-0.39, 0.29) is 11.9 Å². The van der Waals surface area contributed by atoms with Crippen LogP contribution in [-0.4, -0.2) is 20.9 Å². The number of hydrogen-bond acceptors (Lipinski definition) is 6. The summed E-state index contributed by atoms with van der Waals surface area (Å²) in [5.41, 5.74) is 0.878. The minimum absolute atomic E-state index is 0.0330. The molecule has 1 aliphatic heterocycles. The first-order valence-electron chi connectivity index (χ1n) is 6.51. The van der Waals surface area contributed by atoms with Crippen molar-refractivity contribution in [1.29, 1.82) is 0 Å². The van der Waals surface area contributed by atoms with Gasteiger partial charge in [-0.05, 0) is 29.4 Å². The molecule has 1 atom stereocenters. The molecule has 0 bridgehead atoms. The Morgan fingerprint density at radius 1 is 1.04 bits per heavy atom. The van der Waals surface area contributed by atoms with E-state index in [4.69, 9.17) is 36.8 Å². The van der Waals surface area contributed by atoms with Crippen LogP contribution in [0.4, 0.5) is 0 Å². The number of fused-ring (bicyclic) bond motifs is 1. The molecule has 128 valence electrons. The van der Waals surface area contributed by atoms with E-state index in [2.05, 4.69) is 4.52 Å². The van der Waals surface area contributed by atoms with Gasteiger partial charge in [0.15, 0.2) is 17.4 Å². The fourth-order valence-electron chi connectivity index (χ4n) is 1.79. The van der Waals surface area contributed by atoms with Gasteiger partial charge in [0.2, 0.25) is 0 Å². The number of carbonyl (C=O) groups is 1. The Hall–Kier alpha value is -1.13. The zero-order valence-corrected chi connectivity index (χ0v) is 15.3. The van der Waals surface area contributed by atoms with Gasteiger partial charge >= 0.3 is 20.8 Å². The van der Waals surface area contributed by atoms with Crippen LogP contribution in [0.2, 0.25) is 0 Å². The second kappa shape index (κ2) is 8.30. The van der Waals surface area contributed by atoms with E-state index >= 15 is 0 Å². The Morgan fingerprint density at radius 3 is 2.33 bits per heavy atom. The SMILES string of the molecule is O=C1OP(Cl)Oc2ccccc21.Oc1ccccc1C[P+](O)(O)Cl. The zero-order chi connectivity index (χ0) is 17.7. The molecule has 2 aromatic carbocycles. The number of para-hydroxylation sites is 2. The second-order valence-corrected chi connectivity index (χ2v) is 9.45. The van der Waals surface area contributed by atoms with E-state index in [0.29, 0.717) is 16.9 Å². The van der Waals surface area contributed by atoms with E-state index in [9.17, 15) is 9.90 Å². The molecule has 0 saturated carbocycles. The van der Waals surface area contributed by atoms with Crippen LogP contribution in [0.15, 0.2) is 48.5 Å². The maximum Gasteiger partial charge on any atom is 0.403 e. The maximum absolute atomic E-state index is 11.1. The van der Waals surface area contributed by atoms with Crippen LogP contribution in [0, 0.1) is 0 Å². The molecule has 6 nitrogen and oxygen atoms in total. The number of benzene rings is 2. The van der Waals surface area contributed by atoms with Crippen molar-refractivity contribution in [3.05, 3.63) is 59.7 Å². The highest BCUT2D eigenvalue weighted by Crippen LogP contribution is 2.59. The van der Waals surface area contributed by atoms with Crippen LogP contribution in [0.3, 0.4) is 0 Å². The standard InChI is InChI=1S/C7H4ClO3P.C7H8ClO3P/c8-12-10-6-4-2-1-3-5(6)7(9)11-12;8-12(10,11)5-6-3-1-2-4-7(6)9/h1-4H;1-4,10-11H,5H2/p+1. The topological polar surface area (TPSA) is 96.2 Å². The van der Waals surface area contributed by atoms with Gasteiger partial charge in [-0.15, -0.1) is 0 Å². The highest BCUT2D eigenvalue weighted by atomic mass is 35.7. The smallest absolute Gasteiger partial charge is 0.403 e. The second-order valence-electron chi connectivity index (χ2n) is 4.61. The van der Waals surface area contributed by atoms with Crippen molar-refractivity contribution >= 4 is 43.2 Å². The van der Waals surface area contributed by atoms with Crippen molar-refractivity contribution in [1.82, 2.24) is 0 Å². The number of carbonyl (C=O) groups excluding carboxylic acids is 1. The van der Waals surface area contributed by atoms with Gasteiger partial charge in [0.1, 0.15) is 17.1 Å². The minimum atomic E-state index is -3.35. The van der Waals surface area contributed by atoms with Crippen LogP contribution in [0.5, 0.6) is 11.5 Å². The molecule has 2 aromatic rings. The van der Waals surface area contributed by atoms with Gasteiger partial charge in [-0.1, -0.05) is 30.3 Å². The predicted molar refractivity (Wildman–Crippen MR) is 94.3 cm³/mol. The molecule has 10 heteroatoms. The Bertz CT molecular complexity index is 722. The summed E-state index contributed by atoms with van der Waals surface area (Å²) >= 11 is 10.8. The Labute approximate surface area is 149 Å². The van der Waals surface area contributed by atoms with E-state index in [1.807, 2.05) is 0 Å². The Kier molecular flexibility index (Phi) is 6.64. The van der Waals surface area contributed by atoms with Gasteiger partial charge < -0.3 is 14.2 Å². The van der Waals surface area contributed by atoms with Crippen molar-refractivity contribution in [2.24, 2.45) is 0 Å². The lowest BCUT2D eigenvalue weighted by atomic mass is 10.2. The largest absolute Gasteiger partial charge is 0.508 e. The first-order chi connectivity index (χ1) is 11.3. The molecule has 24 heavy (non-hydrogen) atoms. The molecule has 0 spiro atoms. The molecule has 3 rings (SSSR count). The first-order valence-corrected chi connectivity index (χ1v) is 11.4. The molecule has 0 amide bonds. The summed E-state index contributed by atoms with van der Waals surface area (Å²) < 4.78 is 9.77. The molecule has 1 unspecified atom stereocenters. The number of phenols is 1. The fraction of sp³-hybridized carbons (Fsp3) is 0.0714. The van der Waals surface area contributed by atoms with Gasteiger partial charge in [-0.3, -0.25) is 0 Å². The summed E-state index contributed by atoms with van der Waals surface area (Å²) in [6.45, 7) is 0. The minimum Gasteiger partial charge on any atom is -0.508 e. The molecule has 1 heterocycles. The number of aromatic hydroxyl groups is 1. The molecular formula is C14H13Cl2O6P2+. The molecule has 3 N–H and O–H groups in total. The van der Waals surface area contributed by atoms with Crippen molar-refractivity contribution < 1.29 is 28.7 Å². The van der Waals surface area contributed by atoms with E-state index in [0.717, 1.165) is 0 Å². The van der Waals surface area contributed by atoms with Crippen LogP contribution < -0.4 is 4.52 Å². The van der Waals surface area contributed by atoms with Crippen molar-refractivity contribution in [3.8, 4) is 11.5 Å². The van der Waals surface area contributed by atoms with Crippen LogP contribution in [0.25, 0.3) is 0 Å². The Balaban J connectivity index is 0.000000174. The van der Waals surface area contributed by atoms with Crippen molar-refractivity contribution in [3.63, 3.8) is 0 Å². The third-order valence-corrected chi connectivity index (χ3v) is 4.96. The molecule has 0 radical (unpaired) electrons. The number of phenolic OH excluding ortho intramolecular Hbond substituents is 1.